The van der Waals surface area contributed by atoms with Crippen LogP contribution in [-0.4, -0.2) is 29.6 Å². The molecule has 0 aromatic heterocycles. The predicted molar refractivity (Wildman–Crippen MR) is 72.8 cm³/mol. The van der Waals surface area contributed by atoms with E-state index in [1.54, 1.807) is 18.2 Å². The standard InChI is InChI=1S/C12H12INO4/c13-7-1-3-10(9(5-7)12(16)17)18-6-8-2-4-11(15)14-8/h1,3,5,8H,2,4,6H2,(H,14,15)(H,16,17). The van der Waals surface area contributed by atoms with Gasteiger partial charge in [0.15, 0.2) is 0 Å². The van der Waals surface area contributed by atoms with Crippen LogP contribution in [0.15, 0.2) is 18.2 Å². The first-order valence-electron chi connectivity index (χ1n) is 5.51. The zero-order valence-corrected chi connectivity index (χ0v) is 11.6. The van der Waals surface area contributed by atoms with Gasteiger partial charge in [0.25, 0.3) is 0 Å². The van der Waals surface area contributed by atoms with Gasteiger partial charge in [0.05, 0.1) is 6.04 Å². The van der Waals surface area contributed by atoms with Crippen molar-refractivity contribution in [2.45, 2.75) is 18.9 Å². The molecule has 0 spiro atoms. The fourth-order valence-corrected chi connectivity index (χ4v) is 2.28. The van der Waals surface area contributed by atoms with Crippen molar-refractivity contribution in [3.8, 4) is 5.75 Å². The van der Waals surface area contributed by atoms with Crippen LogP contribution in [0.5, 0.6) is 5.75 Å². The van der Waals surface area contributed by atoms with Gasteiger partial charge in [-0.2, -0.15) is 0 Å². The van der Waals surface area contributed by atoms with Crippen molar-refractivity contribution in [2.24, 2.45) is 0 Å². The Hall–Kier alpha value is -1.31. The lowest BCUT2D eigenvalue weighted by Crippen LogP contribution is -2.31. The molecule has 1 aliphatic rings. The van der Waals surface area contributed by atoms with E-state index < -0.39 is 5.97 Å². The molecule has 0 bridgehead atoms. The van der Waals surface area contributed by atoms with Gasteiger partial charge >= 0.3 is 5.97 Å². The lowest BCUT2D eigenvalue weighted by molar-refractivity contribution is -0.119. The third-order valence-corrected chi connectivity index (χ3v) is 3.37. The number of hydrogen-bond donors (Lipinski definition) is 2. The lowest BCUT2D eigenvalue weighted by atomic mass is 10.2. The van der Waals surface area contributed by atoms with Crippen molar-refractivity contribution < 1.29 is 19.4 Å². The first-order valence-corrected chi connectivity index (χ1v) is 6.59. The molecule has 0 aliphatic carbocycles. The Bertz CT molecular complexity index is 489. The molecule has 1 atom stereocenters. The lowest BCUT2D eigenvalue weighted by Gasteiger charge is -2.13. The number of carbonyl (C=O) groups is 2. The molecule has 1 heterocycles. The molecular formula is C12H12INO4. The highest BCUT2D eigenvalue weighted by Crippen LogP contribution is 2.22. The highest BCUT2D eigenvalue weighted by molar-refractivity contribution is 14.1. The molecular weight excluding hydrogens is 349 g/mol. The molecule has 2 N–H and O–H groups in total. The van der Waals surface area contributed by atoms with Gasteiger partial charge in [-0.25, -0.2) is 4.79 Å². The van der Waals surface area contributed by atoms with Crippen LogP contribution in [0.1, 0.15) is 23.2 Å². The van der Waals surface area contributed by atoms with Crippen LogP contribution in [0, 0.1) is 3.57 Å². The van der Waals surface area contributed by atoms with E-state index in [1.165, 1.54) is 0 Å². The van der Waals surface area contributed by atoms with Crippen LogP contribution in [-0.2, 0) is 4.79 Å². The van der Waals surface area contributed by atoms with E-state index in [4.69, 9.17) is 9.84 Å². The van der Waals surface area contributed by atoms with Crippen molar-refractivity contribution in [1.29, 1.82) is 0 Å². The molecule has 0 saturated carbocycles. The minimum absolute atomic E-state index is 0.0182. The smallest absolute Gasteiger partial charge is 0.339 e. The number of halogens is 1. The molecule has 1 aliphatic heterocycles. The Morgan fingerprint density at radius 2 is 2.33 bits per heavy atom. The zero-order chi connectivity index (χ0) is 13.1. The first kappa shape index (κ1) is 13.1. The highest BCUT2D eigenvalue weighted by Gasteiger charge is 2.22. The molecule has 1 unspecified atom stereocenters. The molecule has 1 fully saturated rings. The van der Waals surface area contributed by atoms with Crippen molar-refractivity contribution in [1.82, 2.24) is 5.32 Å². The monoisotopic (exact) mass is 361 g/mol. The minimum Gasteiger partial charge on any atom is -0.491 e. The van der Waals surface area contributed by atoms with Crippen LogP contribution in [0.25, 0.3) is 0 Å². The Morgan fingerprint density at radius 1 is 1.56 bits per heavy atom. The summed E-state index contributed by atoms with van der Waals surface area (Å²) in [7, 11) is 0. The number of amides is 1. The summed E-state index contributed by atoms with van der Waals surface area (Å²) in [6, 6.07) is 4.96. The van der Waals surface area contributed by atoms with Crippen molar-refractivity contribution >= 4 is 34.5 Å². The number of carboxylic acid groups (broad SMARTS) is 1. The van der Waals surface area contributed by atoms with E-state index in [-0.39, 0.29) is 17.5 Å². The number of benzene rings is 1. The van der Waals surface area contributed by atoms with Gasteiger partial charge < -0.3 is 15.2 Å². The van der Waals surface area contributed by atoms with E-state index in [0.717, 1.165) is 9.99 Å². The average Bonchev–Trinajstić information content (AvgIpc) is 2.73. The number of carboxylic acids is 1. The van der Waals surface area contributed by atoms with Crippen LogP contribution >= 0.6 is 22.6 Å². The summed E-state index contributed by atoms with van der Waals surface area (Å²) >= 11 is 2.05. The van der Waals surface area contributed by atoms with Crippen LogP contribution < -0.4 is 10.1 Å². The molecule has 0 radical (unpaired) electrons. The summed E-state index contributed by atoms with van der Waals surface area (Å²) in [5.74, 6) is -0.660. The molecule has 18 heavy (non-hydrogen) atoms. The molecule has 2 rings (SSSR count). The number of rotatable bonds is 4. The van der Waals surface area contributed by atoms with Crippen LogP contribution in [0.3, 0.4) is 0 Å². The van der Waals surface area contributed by atoms with E-state index >= 15 is 0 Å². The molecule has 1 saturated heterocycles. The van der Waals surface area contributed by atoms with E-state index in [9.17, 15) is 9.59 Å². The second-order valence-corrected chi connectivity index (χ2v) is 5.31. The van der Waals surface area contributed by atoms with Crippen molar-refractivity contribution in [2.75, 3.05) is 6.61 Å². The molecule has 1 aromatic rings. The average molecular weight is 361 g/mol. The number of hydrogen-bond acceptors (Lipinski definition) is 3. The fourth-order valence-electron chi connectivity index (χ4n) is 1.79. The van der Waals surface area contributed by atoms with E-state index in [2.05, 4.69) is 5.32 Å². The van der Waals surface area contributed by atoms with Crippen molar-refractivity contribution in [3.05, 3.63) is 27.3 Å². The molecule has 96 valence electrons. The van der Waals surface area contributed by atoms with E-state index in [0.29, 0.717) is 18.8 Å². The summed E-state index contributed by atoms with van der Waals surface area (Å²) in [5.41, 5.74) is 0.145. The van der Waals surface area contributed by atoms with Gasteiger partial charge in [-0.1, -0.05) is 0 Å². The molecule has 5 nitrogen and oxygen atoms in total. The minimum atomic E-state index is -1.01. The summed E-state index contributed by atoms with van der Waals surface area (Å²) < 4.78 is 6.33. The Balaban J connectivity index is 2.04. The second kappa shape index (κ2) is 5.55. The molecule has 6 heteroatoms. The second-order valence-electron chi connectivity index (χ2n) is 4.06. The Morgan fingerprint density at radius 3 is 2.94 bits per heavy atom. The number of ether oxygens (including phenoxy) is 1. The van der Waals surface area contributed by atoms with Crippen LogP contribution in [0.4, 0.5) is 0 Å². The SMILES string of the molecule is O=C1CCC(COc2ccc(I)cc2C(=O)O)N1. The van der Waals surface area contributed by atoms with Gasteiger partial charge in [0.1, 0.15) is 17.9 Å². The Labute approximate surface area is 118 Å². The normalized spacial score (nSPS) is 18.5. The summed E-state index contributed by atoms with van der Waals surface area (Å²) in [6.45, 7) is 0.298. The number of carbonyl (C=O) groups excluding carboxylic acids is 1. The number of nitrogens with one attached hydrogen (secondary N) is 1. The van der Waals surface area contributed by atoms with Gasteiger partial charge in [0, 0.05) is 9.99 Å². The number of aromatic carboxylic acids is 1. The third-order valence-electron chi connectivity index (χ3n) is 2.70. The largest absolute Gasteiger partial charge is 0.491 e. The van der Waals surface area contributed by atoms with Crippen LogP contribution in [0.2, 0.25) is 0 Å². The quantitative estimate of drug-likeness (QED) is 0.800. The molecule has 1 aromatic carbocycles. The van der Waals surface area contributed by atoms with Gasteiger partial charge in [-0.15, -0.1) is 0 Å². The van der Waals surface area contributed by atoms with Gasteiger partial charge in [-0.05, 0) is 47.2 Å². The maximum atomic E-state index is 11.1. The zero-order valence-electron chi connectivity index (χ0n) is 9.48. The highest BCUT2D eigenvalue weighted by atomic mass is 127. The Kier molecular flexibility index (Phi) is 4.05. The predicted octanol–water partition coefficient (Wildman–Crippen LogP) is 1.65. The topological polar surface area (TPSA) is 75.6 Å². The summed E-state index contributed by atoms with van der Waals surface area (Å²) in [5, 5.41) is 11.8. The maximum absolute atomic E-state index is 11.1. The fraction of sp³-hybridized carbons (Fsp3) is 0.333. The third kappa shape index (κ3) is 3.12. The molecule has 1 amide bonds. The van der Waals surface area contributed by atoms with Crippen molar-refractivity contribution in [3.63, 3.8) is 0 Å². The van der Waals surface area contributed by atoms with Gasteiger partial charge in [-0.3, -0.25) is 4.79 Å². The summed E-state index contributed by atoms with van der Waals surface area (Å²) in [4.78, 5) is 22.1. The van der Waals surface area contributed by atoms with Gasteiger partial charge in [0.2, 0.25) is 5.91 Å². The maximum Gasteiger partial charge on any atom is 0.339 e. The summed E-state index contributed by atoms with van der Waals surface area (Å²) in [6.07, 6.45) is 1.23. The van der Waals surface area contributed by atoms with E-state index in [1.807, 2.05) is 22.6 Å². The first-order chi connectivity index (χ1) is 8.56.